The van der Waals surface area contributed by atoms with Crippen LogP contribution in [-0.4, -0.2) is 37.8 Å². The summed E-state index contributed by atoms with van der Waals surface area (Å²) in [5.41, 5.74) is 1.27. The van der Waals surface area contributed by atoms with Crippen molar-refractivity contribution in [3.05, 3.63) is 72.4 Å². The number of aryl methyl sites for hydroxylation is 1. The molecule has 2 aromatic rings. The Hall–Kier alpha value is -3.57. The van der Waals surface area contributed by atoms with Gasteiger partial charge in [-0.25, -0.2) is 13.2 Å². The van der Waals surface area contributed by atoms with Crippen LogP contribution in [0.3, 0.4) is 0 Å². The Balaban J connectivity index is 2.03. The molecule has 2 aromatic carbocycles. The lowest BCUT2D eigenvalue weighted by Crippen LogP contribution is -2.40. The zero-order chi connectivity index (χ0) is 22.4. The average molecular weight is 439 g/mol. The lowest BCUT2D eigenvalue weighted by atomic mass is 10.1. The van der Waals surface area contributed by atoms with Crippen molar-refractivity contribution in [1.82, 2.24) is 4.90 Å². The summed E-state index contributed by atoms with van der Waals surface area (Å²) in [4.78, 5) is 25.4. The molecule has 0 N–H and O–H groups in total. The van der Waals surface area contributed by atoms with Crippen molar-refractivity contribution in [3.8, 4) is 12.0 Å². The minimum absolute atomic E-state index is 0.0600. The molecule has 0 fully saturated rings. The van der Waals surface area contributed by atoms with E-state index in [0.717, 1.165) is 9.87 Å². The predicted octanol–water partition coefficient (Wildman–Crippen LogP) is 3.46. The van der Waals surface area contributed by atoms with E-state index in [1.807, 2.05) is 6.92 Å². The van der Waals surface area contributed by atoms with Crippen LogP contribution >= 0.6 is 0 Å². The third-order valence-electron chi connectivity index (χ3n) is 4.51. The van der Waals surface area contributed by atoms with E-state index in [2.05, 4.69) is 12.0 Å². The minimum Gasteiger partial charge on any atom is -0.449 e. The first-order valence-electron chi connectivity index (χ1n) is 9.67. The van der Waals surface area contributed by atoms with E-state index >= 15 is 0 Å². The SMILES string of the molecule is CCOC(=O)N1C=CC(=O)CC1C#CN(c1ccccc1)S(=O)(=O)c1ccc(C)cc1. The molecule has 0 radical (unpaired) electrons. The highest BCUT2D eigenvalue weighted by Gasteiger charge is 2.28. The van der Waals surface area contributed by atoms with Crippen LogP contribution in [0.15, 0.2) is 71.8 Å². The molecule has 160 valence electrons. The van der Waals surface area contributed by atoms with E-state index < -0.39 is 22.2 Å². The molecular weight excluding hydrogens is 416 g/mol. The van der Waals surface area contributed by atoms with Gasteiger partial charge < -0.3 is 4.74 Å². The van der Waals surface area contributed by atoms with Crippen molar-refractivity contribution in [2.45, 2.75) is 31.2 Å². The van der Waals surface area contributed by atoms with Crippen LogP contribution in [0.1, 0.15) is 18.9 Å². The molecule has 8 heteroatoms. The Morgan fingerprint density at radius 3 is 2.48 bits per heavy atom. The normalized spacial score (nSPS) is 15.7. The fourth-order valence-corrected chi connectivity index (χ4v) is 4.17. The van der Waals surface area contributed by atoms with Gasteiger partial charge in [0.1, 0.15) is 6.04 Å². The zero-order valence-electron chi connectivity index (χ0n) is 17.2. The first-order valence-corrected chi connectivity index (χ1v) is 11.1. The van der Waals surface area contributed by atoms with Gasteiger partial charge >= 0.3 is 6.09 Å². The van der Waals surface area contributed by atoms with Crippen molar-refractivity contribution in [2.24, 2.45) is 0 Å². The fourth-order valence-electron chi connectivity index (χ4n) is 2.91. The molecule has 0 spiro atoms. The van der Waals surface area contributed by atoms with Gasteiger partial charge in [0.2, 0.25) is 0 Å². The van der Waals surface area contributed by atoms with Crippen molar-refractivity contribution in [3.63, 3.8) is 0 Å². The number of nitrogens with zero attached hydrogens (tertiary/aromatic N) is 2. The van der Waals surface area contributed by atoms with Crippen LogP contribution in [0, 0.1) is 18.9 Å². The summed E-state index contributed by atoms with van der Waals surface area (Å²) in [5, 5.41) is 0. The van der Waals surface area contributed by atoms with Gasteiger partial charge in [-0.3, -0.25) is 9.69 Å². The third-order valence-corrected chi connectivity index (χ3v) is 6.16. The molecule has 0 saturated heterocycles. The summed E-state index contributed by atoms with van der Waals surface area (Å²) >= 11 is 0. The molecule has 1 aliphatic heterocycles. The molecule has 31 heavy (non-hydrogen) atoms. The van der Waals surface area contributed by atoms with Crippen LogP contribution < -0.4 is 4.31 Å². The Labute approximate surface area is 182 Å². The number of carbonyl (C=O) groups excluding carboxylic acids is 2. The van der Waals surface area contributed by atoms with Gasteiger partial charge in [-0.05, 0) is 44.2 Å². The number of rotatable bonds is 4. The van der Waals surface area contributed by atoms with Gasteiger partial charge in [-0.1, -0.05) is 41.8 Å². The van der Waals surface area contributed by atoms with E-state index in [1.165, 1.54) is 29.3 Å². The molecule has 1 atom stereocenters. The summed E-state index contributed by atoms with van der Waals surface area (Å²) in [6.07, 6.45) is 1.87. The number of amides is 1. The number of ketones is 1. The van der Waals surface area contributed by atoms with Crippen LogP contribution in [0.25, 0.3) is 0 Å². The number of hydrogen-bond donors (Lipinski definition) is 0. The molecule has 1 heterocycles. The molecule has 1 aliphatic rings. The lowest BCUT2D eigenvalue weighted by molar-refractivity contribution is -0.115. The van der Waals surface area contributed by atoms with E-state index in [1.54, 1.807) is 49.4 Å². The van der Waals surface area contributed by atoms with E-state index in [0.29, 0.717) is 5.69 Å². The number of anilines is 1. The topological polar surface area (TPSA) is 84.0 Å². The lowest BCUT2D eigenvalue weighted by Gasteiger charge is -2.26. The van der Waals surface area contributed by atoms with Crippen molar-refractivity contribution in [1.29, 1.82) is 0 Å². The quantitative estimate of drug-likeness (QED) is 0.539. The summed E-state index contributed by atoms with van der Waals surface area (Å²) in [5.74, 6) is 2.56. The Morgan fingerprint density at radius 2 is 1.84 bits per heavy atom. The molecule has 0 aromatic heterocycles. The maximum Gasteiger partial charge on any atom is 0.414 e. The number of hydrogen-bond acceptors (Lipinski definition) is 5. The molecule has 1 amide bonds. The van der Waals surface area contributed by atoms with E-state index in [-0.39, 0.29) is 23.7 Å². The summed E-state index contributed by atoms with van der Waals surface area (Å²) in [6, 6.07) is 16.7. The molecule has 3 rings (SSSR count). The van der Waals surface area contributed by atoms with Crippen molar-refractivity contribution >= 4 is 27.6 Å². The molecule has 7 nitrogen and oxygen atoms in total. The van der Waals surface area contributed by atoms with E-state index in [9.17, 15) is 18.0 Å². The second-order valence-corrected chi connectivity index (χ2v) is 8.57. The average Bonchev–Trinajstić information content (AvgIpc) is 2.75. The first kappa shape index (κ1) is 22.1. The summed E-state index contributed by atoms with van der Waals surface area (Å²) in [6.45, 7) is 3.70. The Bertz CT molecular complexity index is 1150. The molecular formula is C23H22N2O5S. The van der Waals surface area contributed by atoms with Gasteiger partial charge in [0.25, 0.3) is 10.0 Å². The number of allylic oxidation sites excluding steroid dienone is 1. The standard InChI is InChI=1S/C23H22N2O5S/c1-3-30-23(27)24-15-14-21(26)17-20(24)13-16-25(19-7-5-4-6-8-19)31(28,29)22-11-9-18(2)10-12-22/h4-12,14-15,20H,3,17H2,1-2H3. The van der Waals surface area contributed by atoms with Crippen molar-refractivity contribution < 1.29 is 22.7 Å². The van der Waals surface area contributed by atoms with Crippen LogP contribution in [0.5, 0.6) is 0 Å². The fraction of sp³-hybridized carbons (Fsp3) is 0.217. The van der Waals surface area contributed by atoms with Gasteiger partial charge in [-0.15, -0.1) is 0 Å². The highest BCUT2D eigenvalue weighted by atomic mass is 32.2. The van der Waals surface area contributed by atoms with Gasteiger partial charge in [-0.2, -0.15) is 4.31 Å². The Kier molecular flexibility index (Phi) is 6.78. The maximum absolute atomic E-state index is 13.3. The first-order chi connectivity index (χ1) is 14.8. The summed E-state index contributed by atoms with van der Waals surface area (Å²) < 4.78 is 32.6. The number of benzene rings is 2. The zero-order valence-corrected chi connectivity index (χ0v) is 18.0. The summed E-state index contributed by atoms with van der Waals surface area (Å²) in [7, 11) is -4.01. The second kappa shape index (κ2) is 9.49. The number of para-hydroxylation sites is 1. The minimum atomic E-state index is -4.01. The van der Waals surface area contributed by atoms with Gasteiger partial charge in [0.15, 0.2) is 5.78 Å². The highest BCUT2D eigenvalue weighted by molar-refractivity contribution is 7.93. The third kappa shape index (κ3) is 5.13. The number of carbonyl (C=O) groups is 2. The maximum atomic E-state index is 13.3. The predicted molar refractivity (Wildman–Crippen MR) is 116 cm³/mol. The molecule has 0 bridgehead atoms. The van der Waals surface area contributed by atoms with Gasteiger partial charge in [0.05, 0.1) is 17.2 Å². The van der Waals surface area contributed by atoms with Crippen molar-refractivity contribution in [2.75, 3.05) is 10.9 Å². The van der Waals surface area contributed by atoms with Crippen LogP contribution in [-0.2, 0) is 19.6 Å². The largest absolute Gasteiger partial charge is 0.449 e. The smallest absolute Gasteiger partial charge is 0.414 e. The number of ether oxygens (including phenoxy) is 1. The van der Waals surface area contributed by atoms with Crippen LogP contribution in [0.2, 0.25) is 0 Å². The molecule has 1 unspecified atom stereocenters. The number of sulfonamides is 1. The Morgan fingerprint density at radius 1 is 1.16 bits per heavy atom. The second-order valence-electron chi connectivity index (χ2n) is 6.78. The highest BCUT2D eigenvalue weighted by Crippen LogP contribution is 2.23. The monoisotopic (exact) mass is 438 g/mol. The van der Waals surface area contributed by atoms with Gasteiger partial charge in [0, 0.05) is 18.7 Å². The molecule has 0 saturated carbocycles. The van der Waals surface area contributed by atoms with E-state index in [4.69, 9.17) is 4.74 Å². The molecule has 0 aliphatic carbocycles. The van der Waals surface area contributed by atoms with Crippen LogP contribution in [0.4, 0.5) is 10.5 Å².